The lowest BCUT2D eigenvalue weighted by Gasteiger charge is -2.40. The first-order valence-electron chi connectivity index (χ1n) is 7.64. The van der Waals surface area contributed by atoms with Crippen LogP contribution in [0.1, 0.15) is 45.6 Å². The molecule has 20 heavy (non-hydrogen) atoms. The molecule has 3 atom stereocenters. The number of piperidine rings is 1. The fraction of sp³-hybridized carbons (Fsp3) is 0.588. The molecule has 1 aliphatic heterocycles. The third-order valence-corrected chi connectivity index (χ3v) is 4.25. The molecule has 3 heteroatoms. The molecule has 1 fully saturated rings. The molecule has 1 heterocycles. The van der Waals surface area contributed by atoms with Gasteiger partial charge in [-0.1, -0.05) is 17.7 Å². The molecule has 0 bridgehead atoms. The quantitative estimate of drug-likeness (QED) is 0.913. The van der Waals surface area contributed by atoms with Crippen molar-refractivity contribution in [1.82, 2.24) is 4.90 Å². The van der Waals surface area contributed by atoms with Crippen molar-refractivity contribution in [2.75, 3.05) is 5.32 Å². The molecule has 1 aromatic carbocycles. The van der Waals surface area contributed by atoms with Crippen LogP contribution in [0.2, 0.25) is 0 Å². The normalized spacial score (nSPS) is 24.3. The van der Waals surface area contributed by atoms with Gasteiger partial charge in [-0.15, -0.1) is 0 Å². The molecule has 2 rings (SSSR count). The zero-order chi connectivity index (χ0) is 14.7. The van der Waals surface area contributed by atoms with E-state index in [1.165, 1.54) is 12.0 Å². The van der Waals surface area contributed by atoms with E-state index in [0.29, 0.717) is 12.1 Å². The van der Waals surface area contributed by atoms with Gasteiger partial charge >= 0.3 is 0 Å². The summed E-state index contributed by atoms with van der Waals surface area (Å²) in [5.41, 5.74) is 2.24. The minimum absolute atomic E-state index is 0.180. The third-order valence-electron chi connectivity index (χ3n) is 4.25. The van der Waals surface area contributed by atoms with E-state index < -0.39 is 0 Å². The number of nitrogens with one attached hydrogen (secondary N) is 1. The van der Waals surface area contributed by atoms with Gasteiger partial charge in [-0.2, -0.15) is 0 Å². The molecule has 0 saturated carbocycles. The summed E-state index contributed by atoms with van der Waals surface area (Å²) in [5.74, 6) is 0.213. The highest BCUT2D eigenvalue weighted by Gasteiger charge is 2.31. The van der Waals surface area contributed by atoms with Crippen molar-refractivity contribution < 1.29 is 4.79 Å². The van der Waals surface area contributed by atoms with Crippen molar-refractivity contribution in [3.05, 3.63) is 29.8 Å². The Morgan fingerprint density at radius 1 is 1.20 bits per heavy atom. The minimum atomic E-state index is -0.180. The Morgan fingerprint density at radius 3 is 2.30 bits per heavy atom. The summed E-state index contributed by atoms with van der Waals surface area (Å²) < 4.78 is 0. The smallest absolute Gasteiger partial charge is 0.245 e. The lowest BCUT2D eigenvalue weighted by Crippen LogP contribution is -2.52. The van der Waals surface area contributed by atoms with Gasteiger partial charge < -0.3 is 10.2 Å². The average Bonchev–Trinajstić information content (AvgIpc) is 2.41. The van der Waals surface area contributed by atoms with Gasteiger partial charge in [0.15, 0.2) is 0 Å². The number of hydrogen-bond acceptors (Lipinski definition) is 2. The molecule has 1 aromatic rings. The number of aryl methyl sites for hydroxylation is 1. The third kappa shape index (κ3) is 3.33. The van der Waals surface area contributed by atoms with Gasteiger partial charge in [-0.25, -0.2) is 0 Å². The molecule has 1 saturated heterocycles. The van der Waals surface area contributed by atoms with E-state index in [1.54, 1.807) is 0 Å². The Kier molecular flexibility index (Phi) is 4.69. The lowest BCUT2D eigenvalue weighted by molar-refractivity contribution is -0.137. The van der Waals surface area contributed by atoms with E-state index in [4.69, 9.17) is 0 Å². The number of hydrogen-bond donors (Lipinski definition) is 1. The molecular weight excluding hydrogens is 248 g/mol. The zero-order valence-corrected chi connectivity index (χ0v) is 13.0. The summed E-state index contributed by atoms with van der Waals surface area (Å²) in [6, 6.07) is 8.71. The number of nitrogens with zero attached hydrogens (tertiary/aromatic N) is 1. The standard InChI is InChI=1S/C17H26N2O/c1-12-8-10-16(11-9-12)18-15(4)17(20)19-13(2)6-5-7-14(19)3/h8-11,13-15,18H,5-7H2,1-4H3/t13-,14-,15-/m1/s1. The predicted molar refractivity (Wildman–Crippen MR) is 83.9 cm³/mol. The van der Waals surface area contributed by atoms with Crippen LogP contribution in [0, 0.1) is 6.92 Å². The molecule has 0 aromatic heterocycles. The largest absolute Gasteiger partial charge is 0.374 e. The topological polar surface area (TPSA) is 32.3 Å². The van der Waals surface area contributed by atoms with E-state index >= 15 is 0 Å². The van der Waals surface area contributed by atoms with Crippen LogP contribution in [-0.2, 0) is 4.79 Å². The molecule has 3 nitrogen and oxygen atoms in total. The van der Waals surface area contributed by atoms with Crippen molar-refractivity contribution in [2.24, 2.45) is 0 Å². The first kappa shape index (κ1) is 14.9. The number of rotatable bonds is 3. The Hall–Kier alpha value is -1.51. The minimum Gasteiger partial charge on any atom is -0.374 e. The van der Waals surface area contributed by atoms with Gasteiger partial charge in [0, 0.05) is 17.8 Å². The van der Waals surface area contributed by atoms with Gasteiger partial charge in [-0.3, -0.25) is 4.79 Å². The van der Waals surface area contributed by atoms with Gasteiger partial charge in [-0.05, 0) is 59.1 Å². The van der Waals surface area contributed by atoms with Crippen LogP contribution in [0.3, 0.4) is 0 Å². The highest BCUT2D eigenvalue weighted by Crippen LogP contribution is 2.24. The zero-order valence-electron chi connectivity index (χ0n) is 13.0. The second kappa shape index (κ2) is 6.29. The number of likely N-dealkylation sites (tertiary alicyclic amines) is 1. The average molecular weight is 274 g/mol. The van der Waals surface area contributed by atoms with Crippen LogP contribution in [0.15, 0.2) is 24.3 Å². The van der Waals surface area contributed by atoms with Crippen LogP contribution in [0.25, 0.3) is 0 Å². The number of amides is 1. The first-order valence-corrected chi connectivity index (χ1v) is 7.64. The Balaban J connectivity index is 2.02. The van der Waals surface area contributed by atoms with Gasteiger partial charge in [0.2, 0.25) is 5.91 Å². The Bertz CT molecular complexity index is 445. The fourth-order valence-corrected chi connectivity index (χ4v) is 3.04. The van der Waals surface area contributed by atoms with Crippen molar-refractivity contribution in [2.45, 2.75) is 65.1 Å². The van der Waals surface area contributed by atoms with Crippen LogP contribution in [0.5, 0.6) is 0 Å². The predicted octanol–water partition coefficient (Wildman–Crippen LogP) is 3.58. The van der Waals surface area contributed by atoms with E-state index in [-0.39, 0.29) is 11.9 Å². The molecule has 110 valence electrons. The summed E-state index contributed by atoms with van der Waals surface area (Å²) in [6.45, 7) is 8.34. The van der Waals surface area contributed by atoms with E-state index in [0.717, 1.165) is 18.5 Å². The highest BCUT2D eigenvalue weighted by atomic mass is 16.2. The first-order chi connectivity index (χ1) is 9.49. The number of anilines is 1. The van der Waals surface area contributed by atoms with Crippen LogP contribution in [0.4, 0.5) is 5.69 Å². The summed E-state index contributed by atoms with van der Waals surface area (Å²) in [5, 5.41) is 3.32. The van der Waals surface area contributed by atoms with Gasteiger partial charge in [0.1, 0.15) is 6.04 Å². The van der Waals surface area contributed by atoms with Crippen molar-refractivity contribution in [1.29, 1.82) is 0 Å². The van der Waals surface area contributed by atoms with Gasteiger partial charge in [0.25, 0.3) is 0 Å². The summed E-state index contributed by atoms with van der Waals surface area (Å²) in [7, 11) is 0. The van der Waals surface area contributed by atoms with E-state index in [2.05, 4.69) is 43.1 Å². The maximum Gasteiger partial charge on any atom is 0.245 e. The molecule has 0 radical (unpaired) electrons. The van der Waals surface area contributed by atoms with Crippen molar-refractivity contribution in [3.8, 4) is 0 Å². The molecule has 0 unspecified atom stereocenters. The second-order valence-corrected chi connectivity index (χ2v) is 6.11. The van der Waals surface area contributed by atoms with Crippen LogP contribution in [-0.4, -0.2) is 28.9 Å². The highest BCUT2D eigenvalue weighted by molar-refractivity contribution is 5.85. The van der Waals surface area contributed by atoms with Gasteiger partial charge in [0.05, 0.1) is 0 Å². The Morgan fingerprint density at radius 2 is 1.75 bits per heavy atom. The molecule has 0 spiro atoms. The molecule has 0 aliphatic carbocycles. The van der Waals surface area contributed by atoms with E-state index in [9.17, 15) is 4.79 Å². The summed E-state index contributed by atoms with van der Waals surface area (Å²) >= 11 is 0. The fourth-order valence-electron chi connectivity index (χ4n) is 3.04. The Labute approximate surface area is 122 Å². The van der Waals surface area contributed by atoms with Crippen LogP contribution >= 0.6 is 0 Å². The maximum absolute atomic E-state index is 12.7. The molecule has 1 N–H and O–H groups in total. The maximum atomic E-state index is 12.7. The van der Waals surface area contributed by atoms with Crippen LogP contribution < -0.4 is 5.32 Å². The lowest BCUT2D eigenvalue weighted by atomic mass is 9.96. The molecular formula is C17H26N2O. The summed E-state index contributed by atoms with van der Waals surface area (Å²) in [6.07, 6.45) is 3.46. The monoisotopic (exact) mass is 274 g/mol. The van der Waals surface area contributed by atoms with Crippen molar-refractivity contribution in [3.63, 3.8) is 0 Å². The number of carbonyl (C=O) groups excluding carboxylic acids is 1. The number of benzene rings is 1. The van der Waals surface area contributed by atoms with Crippen molar-refractivity contribution >= 4 is 11.6 Å². The second-order valence-electron chi connectivity index (χ2n) is 6.11. The molecule has 1 amide bonds. The van der Waals surface area contributed by atoms with E-state index in [1.807, 2.05) is 19.1 Å². The number of carbonyl (C=O) groups is 1. The SMILES string of the molecule is Cc1ccc(N[C@H](C)C(=O)N2[C@H](C)CCC[C@H]2C)cc1. The summed E-state index contributed by atoms with van der Waals surface area (Å²) in [4.78, 5) is 14.7. The molecule has 1 aliphatic rings.